The van der Waals surface area contributed by atoms with Gasteiger partial charge in [0.05, 0.1) is 11.0 Å². The molecule has 4 heteroatoms. The molecular weight excluding hydrogens is 466 g/mol. The van der Waals surface area contributed by atoms with E-state index in [0.29, 0.717) is 0 Å². The van der Waals surface area contributed by atoms with Gasteiger partial charge in [-0.05, 0) is 67.6 Å². The van der Waals surface area contributed by atoms with Crippen molar-refractivity contribution >= 4 is 32.6 Å². The first-order valence-electron chi connectivity index (χ1n) is 12.7. The van der Waals surface area contributed by atoms with Gasteiger partial charge in [-0.3, -0.25) is 14.1 Å². The molecule has 0 amide bonds. The molecule has 0 N–H and O–H groups in total. The molecule has 0 bridgehead atoms. The zero-order valence-electron chi connectivity index (χ0n) is 21.2. The number of imidazole rings is 1. The van der Waals surface area contributed by atoms with Crippen molar-refractivity contribution in [1.29, 1.82) is 0 Å². The van der Waals surface area contributed by atoms with Crippen LogP contribution in [-0.4, -0.2) is 14.1 Å². The van der Waals surface area contributed by atoms with Crippen molar-refractivity contribution < 1.29 is 0 Å². The topological polar surface area (TPSA) is 39.8 Å². The zero-order valence-corrected chi connectivity index (χ0v) is 21.2. The first-order chi connectivity index (χ1) is 18.6. The summed E-state index contributed by atoms with van der Waals surface area (Å²) in [6.45, 7) is 0. The average molecular weight is 492 g/mol. The van der Waals surface area contributed by atoms with E-state index in [1.54, 1.807) is 9.13 Å². The highest BCUT2D eigenvalue weighted by atomic mass is 16.1. The Balaban J connectivity index is 1.43. The first kappa shape index (κ1) is 22.3. The van der Waals surface area contributed by atoms with E-state index in [2.05, 4.69) is 96.0 Å². The van der Waals surface area contributed by atoms with Gasteiger partial charge < -0.3 is 0 Å². The van der Waals surface area contributed by atoms with Gasteiger partial charge in [0.1, 0.15) is 0 Å². The molecule has 7 aromatic rings. The molecule has 0 saturated carbocycles. The predicted molar refractivity (Wildman–Crippen MR) is 157 cm³/mol. The van der Waals surface area contributed by atoms with E-state index in [0.717, 1.165) is 27.7 Å². The van der Waals surface area contributed by atoms with Crippen molar-refractivity contribution in [3.8, 4) is 33.4 Å². The van der Waals surface area contributed by atoms with Crippen molar-refractivity contribution in [2.45, 2.75) is 0 Å². The Morgan fingerprint density at radius 3 is 1.63 bits per heavy atom. The lowest BCUT2D eigenvalue weighted by molar-refractivity contribution is 0.795. The van der Waals surface area contributed by atoms with E-state index in [4.69, 9.17) is 0 Å². The van der Waals surface area contributed by atoms with Crippen LogP contribution >= 0.6 is 0 Å². The molecule has 182 valence electrons. The monoisotopic (exact) mass is 491 g/mol. The van der Waals surface area contributed by atoms with Crippen LogP contribution in [0.1, 0.15) is 0 Å². The third-order valence-corrected chi connectivity index (χ3v) is 7.66. The minimum absolute atomic E-state index is 0.0130. The van der Waals surface area contributed by atoms with Gasteiger partial charge in [-0.25, -0.2) is 4.79 Å². The second-order valence-electron chi connectivity index (χ2n) is 9.76. The molecule has 0 unspecified atom stereocenters. The van der Waals surface area contributed by atoms with Crippen LogP contribution in [0.2, 0.25) is 0 Å². The summed E-state index contributed by atoms with van der Waals surface area (Å²) < 4.78 is 3.39. The first-order valence-corrected chi connectivity index (χ1v) is 12.7. The summed E-state index contributed by atoms with van der Waals surface area (Å²) in [7, 11) is 3.64. The summed E-state index contributed by atoms with van der Waals surface area (Å²) in [6.07, 6.45) is 3.76. The van der Waals surface area contributed by atoms with Crippen LogP contribution < -0.4 is 5.69 Å². The Kier molecular flexibility index (Phi) is 5.02. The maximum atomic E-state index is 12.4. The third kappa shape index (κ3) is 3.31. The zero-order chi connectivity index (χ0) is 25.8. The fourth-order valence-electron chi connectivity index (χ4n) is 5.78. The summed E-state index contributed by atoms with van der Waals surface area (Å²) in [5, 5.41) is 4.87. The molecular formula is C34H25N3O. The van der Waals surface area contributed by atoms with Crippen molar-refractivity contribution in [1.82, 2.24) is 14.1 Å². The minimum Gasteiger partial charge on any atom is -0.295 e. The standard InChI is InChI=1S/C34H25N3O/c1-36-30-18-17-24(20-31(30)37(2)34(36)38)22-13-15-23(16-14-22)32-26-9-3-5-11-28(26)33(25-8-7-19-35-21-25)29-12-6-4-10-27(29)32/h3-21H,1-2H3. The number of benzene rings is 5. The number of hydrogen-bond donors (Lipinski definition) is 0. The molecule has 2 aromatic heterocycles. The molecule has 0 spiro atoms. The lowest BCUT2D eigenvalue weighted by Crippen LogP contribution is -2.19. The van der Waals surface area contributed by atoms with Crippen molar-refractivity contribution in [3.05, 3.63) is 126 Å². The van der Waals surface area contributed by atoms with Gasteiger partial charge >= 0.3 is 5.69 Å². The number of aromatic nitrogens is 3. The lowest BCUT2D eigenvalue weighted by Gasteiger charge is -2.17. The second kappa shape index (κ2) is 8.56. The van der Waals surface area contributed by atoms with E-state index in [1.165, 1.54) is 38.2 Å². The molecule has 0 aliphatic rings. The summed E-state index contributed by atoms with van der Waals surface area (Å²) in [6, 6.07) is 36.4. The van der Waals surface area contributed by atoms with E-state index < -0.39 is 0 Å². The quantitative estimate of drug-likeness (QED) is 0.239. The van der Waals surface area contributed by atoms with E-state index in [1.807, 2.05) is 38.6 Å². The number of fused-ring (bicyclic) bond motifs is 3. The Morgan fingerprint density at radius 2 is 1.05 bits per heavy atom. The molecule has 4 nitrogen and oxygen atoms in total. The third-order valence-electron chi connectivity index (χ3n) is 7.66. The Labute approximate surface area is 220 Å². The fourth-order valence-corrected chi connectivity index (χ4v) is 5.78. The summed E-state index contributed by atoms with van der Waals surface area (Å²) in [4.78, 5) is 16.8. The van der Waals surface area contributed by atoms with Gasteiger partial charge in [-0.15, -0.1) is 0 Å². The Bertz CT molecular complexity index is 1990. The molecule has 0 aliphatic heterocycles. The lowest BCUT2D eigenvalue weighted by atomic mass is 9.86. The SMILES string of the molecule is Cn1c(=O)n(C)c2cc(-c3ccc(-c4c5ccccc5c(-c5cccnc5)c5ccccc45)cc3)ccc21. The molecule has 7 rings (SSSR count). The smallest absolute Gasteiger partial charge is 0.295 e. The maximum Gasteiger partial charge on any atom is 0.328 e. The van der Waals surface area contributed by atoms with Crippen molar-refractivity contribution in [2.24, 2.45) is 14.1 Å². The van der Waals surface area contributed by atoms with Crippen LogP contribution in [0, 0.1) is 0 Å². The molecule has 0 fully saturated rings. The molecule has 2 heterocycles. The van der Waals surface area contributed by atoms with Gasteiger partial charge in [0, 0.05) is 32.1 Å². The maximum absolute atomic E-state index is 12.4. The largest absolute Gasteiger partial charge is 0.328 e. The van der Waals surface area contributed by atoms with Crippen molar-refractivity contribution in [3.63, 3.8) is 0 Å². The number of pyridine rings is 1. The van der Waals surface area contributed by atoms with Gasteiger partial charge in [-0.1, -0.05) is 84.9 Å². The minimum atomic E-state index is -0.0130. The van der Waals surface area contributed by atoms with Crippen LogP contribution in [0.25, 0.3) is 66.0 Å². The number of rotatable bonds is 3. The fraction of sp³-hybridized carbons (Fsp3) is 0.0588. The second-order valence-corrected chi connectivity index (χ2v) is 9.76. The molecule has 5 aromatic carbocycles. The van der Waals surface area contributed by atoms with Crippen molar-refractivity contribution in [2.75, 3.05) is 0 Å². The van der Waals surface area contributed by atoms with E-state index >= 15 is 0 Å². The molecule has 38 heavy (non-hydrogen) atoms. The Hall–Kier alpha value is -4.96. The number of nitrogens with zero attached hydrogens (tertiary/aromatic N) is 3. The van der Waals surface area contributed by atoms with Crippen LogP contribution in [0.5, 0.6) is 0 Å². The van der Waals surface area contributed by atoms with Gasteiger partial charge in [0.25, 0.3) is 0 Å². The van der Waals surface area contributed by atoms with Crippen LogP contribution in [0.4, 0.5) is 0 Å². The average Bonchev–Trinajstić information content (AvgIpc) is 3.19. The predicted octanol–water partition coefficient (Wildman–Crippen LogP) is 7.58. The summed E-state index contributed by atoms with van der Waals surface area (Å²) in [5.41, 5.74) is 8.80. The Morgan fingerprint density at radius 1 is 0.526 bits per heavy atom. The van der Waals surface area contributed by atoms with Crippen LogP contribution in [0.15, 0.2) is 120 Å². The van der Waals surface area contributed by atoms with E-state index in [-0.39, 0.29) is 5.69 Å². The molecule has 0 aliphatic carbocycles. The highest BCUT2D eigenvalue weighted by Gasteiger charge is 2.16. The highest BCUT2D eigenvalue weighted by Crippen LogP contribution is 2.43. The highest BCUT2D eigenvalue weighted by molar-refractivity contribution is 6.21. The normalized spacial score (nSPS) is 11.5. The van der Waals surface area contributed by atoms with Crippen LogP contribution in [-0.2, 0) is 14.1 Å². The number of hydrogen-bond acceptors (Lipinski definition) is 2. The molecule has 0 atom stereocenters. The molecule has 0 radical (unpaired) electrons. The molecule has 0 saturated heterocycles. The summed E-state index contributed by atoms with van der Waals surface area (Å²) in [5.74, 6) is 0. The van der Waals surface area contributed by atoms with Gasteiger partial charge in [0.2, 0.25) is 0 Å². The number of aryl methyl sites for hydroxylation is 2. The van der Waals surface area contributed by atoms with E-state index in [9.17, 15) is 4.79 Å². The summed E-state index contributed by atoms with van der Waals surface area (Å²) >= 11 is 0. The van der Waals surface area contributed by atoms with Gasteiger partial charge in [0.15, 0.2) is 0 Å². The van der Waals surface area contributed by atoms with Crippen LogP contribution in [0.3, 0.4) is 0 Å². The van der Waals surface area contributed by atoms with Gasteiger partial charge in [-0.2, -0.15) is 0 Å².